The third-order valence-corrected chi connectivity index (χ3v) is 5.02. The molecule has 0 aromatic carbocycles. The summed E-state index contributed by atoms with van der Waals surface area (Å²) < 4.78 is 1.63. The molecule has 0 saturated heterocycles. The lowest BCUT2D eigenvalue weighted by Gasteiger charge is -2.32. The number of hydrogen-bond acceptors (Lipinski definition) is 6. The van der Waals surface area contributed by atoms with Crippen LogP contribution in [0.4, 0.5) is 0 Å². The van der Waals surface area contributed by atoms with E-state index in [1.54, 1.807) is 23.5 Å². The smallest absolute Gasteiger partial charge is 0.324 e. The first kappa shape index (κ1) is 15.2. The van der Waals surface area contributed by atoms with Gasteiger partial charge in [0.05, 0.1) is 0 Å². The van der Waals surface area contributed by atoms with Gasteiger partial charge in [-0.2, -0.15) is 0 Å². The summed E-state index contributed by atoms with van der Waals surface area (Å²) in [6, 6.07) is 0. The molecule has 1 aromatic rings. The minimum atomic E-state index is -0.743. The van der Waals surface area contributed by atoms with Crippen molar-refractivity contribution in [1.29, 1.82) is 0 Å². The van der Waals surface area contributed by atoms with E-state index in [4.69, 9.17) is 0 Å². The van der Waals surface area contributed by atoms with Crippen molar-refractivity contribution in [2.75, 3.05) is 12.3 Å². The average Bonchev–Trinajstić information content (AvgIpc) is 2.99. The molecule has 7 nitrogen and oxygen atoms in total. The van der Waals surface area contributed by atoms with Crippen molar-refractivity contribution < 1.29 is 9.90 Å². The minimum absolute atomic E-state index is 0.175. The predicted molar refractivity (Wildman–Crippen MR) is 75.5 cm³/mol. The summed E-state index contributed by atoms with van der Waals surface area (Å²) in [5.41, 5.74) is -0.743. The largest absolute Gasteiger partial charge is 0.480 e. The van der Waals surface area contributed by atoms with Crippen LogP contribution in [-0.4, -0.2) is 49.1 Å². The Morgan fingerprint density at radius 2 is 2.45 bits per heavy atom. The normalized spacial score (nSPS) is 26.0. The van der Waals surface area contributed by atoms with Gasteiger partial charge in [-0.15, -0.1) is 5.10 Å². The molecule has 112 valence electrons. The number of hydrogen-bond donors (Lipinski definition) is 2. The predicted octanol–water partition coefficient (Wildman–Crippen LogP) is 0.925. The van der Waals surface area contributed by atoms with Crippen molar-refractivity contribution in [1.82, 2.24) is 25.5 Å². The van der Waals surface area contributed by atoms with Crippen molar-refractivity contribution in [2.24, 2.45) is 13.0 Å². The molecule has 0 aliphatic heterocycles. The Balaban J connectivity index is 1.94. The molecule has 1 aliphatic carbocycles. The van der Waals surface area contributed by atoms with E-state index in [2.05, 4.69) is 20.8 Å². The fourth-order valence-electron chi connectivity index (χ4n) is 3.01. The third-order valence-electron chi connectivity index (χ3n) is 3.97. The Hall–Kier alpha value is -1.15. The van der Waals surface area contributed by atoms with Crippen LogP contribution in [0.2, 0.25) is 0 Å². The Labute approximate surface area is 122 Å². The van der Waals surface area contributed by atoms with Crippen LogP contribution in [0.15, 0.2) is 5.16 Å². The van der Waals surface area contributed by atoms with Gasteiger partial charge in [0, 0.05) is 12.8 Å². The van der Waals surface area contributed by atoms with Gasteiger partial charge in [0.1, 0.15) is 5.54 Å². The topological polar surface area (TPSA) is 92.9 Å². The van der Waals surface area contributed by atoms with E-state index in [1.807, 2.05) is 6.92 Å². The SMILES string of the molecule is CCNC1(C(=O)O)CCCC1CCSc1nnnn1C. The zero-order valence-corrected chi connectivity index (χ0v) is 12.7. The molecule has 1 aromatic heterocycles. The fourth-order valence-corrected chi connectivity index (χ4v) is 3.91. The number of nitrogens with zero attached hydrogens (tertiary/aromatic N) is 4. The summed E-state index contributed by atoms with van der Waals surface area (Å²) in [5, 5.41) is 24.9. The minimum Gasteiger partial charge on any atom is -0.480 e. The lowest BCUT2D eigenvalue weighted by atomic mass is 9.85. The second kappa shape index (κ2) is 6.53. The Morgan fingerprint density at radius 3 is 3.05 bits per heavy atom. The highest BCUT2D eigenvalue weighted by Crippen LogP contribution is 2.39. The highest BCUT2D eigenvalue weighted by atomic mass is 32.2. The van der Waals surface area contributed by atoms with Gasteiger partial charge in [-0.05, 0) is 42.2 Å². The quantitative estimate of drug-likeness (QED) is 0.723. The molecule has 8 heteroatoms. The first-order chi connectivity index (χ1) is 9.60. The molecule has 1 fully saturated rings. The molecule has 2 N–H and O–H groups in total. The van der Waals surface area contributed by atoms with E-state index in [9.17, 15) is 9.90 Å². The Kier molecular flexibility index (Phi) is 4.98. The molecule has 20 heavy (non-hydrogen) atoms. The molecule has 2 atom stereocenters. The van der Waals surface area contributed by atoms with Crippen LogP contribution in [0.25, 0.3) is 0 Å². The van der Waals surface area contributed by atoms with E-state index in [0.29, 0.717) is 6.54 Å². The highest BCUT2D eigenvalue weighted by molar-refractivity contribution is 7.99. The van der Waals surface area contributed by atoms with Crippen LogP contribution in [-0.2, 0) is 11.8 Å². The van der Waals surface area contributed by atoms with Crippen molar-refractivity contribution in [3.63, 3.8) is 0 Å². The molecule has 1 aliphatic rings. The molecule has 0 spiro atoms. The van der Waals surface area contributed by atoms with Crippen LogP contribution in [0.3, 0.4) is 0 Å². The summed E-state index contributed by atoms with van der Waals surface area (Å²) in [6.07, 6.45) is 3.52. The zero-order valence-electron chi connectivity index (χ0n) is 11.9. The van der Waals surface area contributed by atoms with Gasteiger partial charge in [0.25, 0.3) is 0 Å². The molecule has 0 bridgehead atoms. The maximum Gasteiger partial charge on any atom is 0.324 e. The van der Waals surface area contributed by atoms with Gasteiger partial charge in [-0.25, -0.2) is 4.68 Å². The van der Waals surface area contributed by atoms with Gasteiger partial charge >= 0.3 is 5.97 Å². The number of aromatic nitrogens is 4. The zero-order chi connectivity index (χ0) is 14.6. The number of carboxylic acids is 1. The van der Waals surface area contributed by atoms with Gasteiger partial charge < -0.3 is 10.4 Å². The maximum absolute atomic E-state index is 11.7. The van der Waals surface area contributed by atoms with Crippen LogP contribution in [0.5, 0.6) is 0 Å². The first-order valence-corrected chi connectivity index (χ1v) is 7.92. The molecule has 2 unspecified atom stereocenters. The molecule has 2 rings (SSSR count). The number of thioether (sulfide) groups is 1. The number of rotatable bonds is 7. The molecule has 0 amide bonds. The number of carboxylic acid groups (broad SMARTS) is 1. The van der Waals surface area contributed by atoms with E-state index in [1.165, 1.54) is 0 Å². The molecule has 0 radical (unpaired) electrons. The molecule has 1 saturated carbocycles. The molecule has 1 heterocycles. The number of aryl methyl sites for hydroxylation is 1. The monoisotopic (exact) mass is 299 g/mol. The lowest BCUT2D eigenvalue weighted by molar-refractivity contribution is -0.146. The third kappa shape index (κ3) is 2.95. The molecular formula is C12H21N5O2S. The number of tetrazole rings is 1. The van der Waals surface area contributed by atoms with Crippen molar-refractivity contribution >= 4 is 17.7 Å². The summed E-state index contributed by atoms with van der Waals surface area (Å²) in [6.45, 7) is 2.64. The summed E-state index contributed by atoms with van der Waals surface area (Å²) >= 11 is 1.58. The number of aliphatic carboxylic acids is 1. The number of carbonyl (C=O) groups is 1. The Morgan fingerprint density at radius 1 is 1.65 bits per heavy atom. The first-order valence-electron chi connectivity index (χ1n) is 6.93. The summed E-state index contributed by atoms with van der Waals surface area (Å²) in [7, 11) is 1.80. The second-order valence-corrected chi connectivity index (χ2v) is 6.18. The number of likely N-dealkylation sites (N-methyl/N-ethyl adjacent to an activating group) is 1. The van der Waals surface area contributed by atoms with Crippen molar-refractivity contribution in [3.8, 4) is 0 Å². The van der Waals surface area contributed by atoms with Gasteiger partial charge in [0.15, 0.2) is 0 Å². The van der Waals surface area contributed by atoms with Gasteiger partial charge in [-0.3, -0.25) is 4.79 Å². The van der Waals surface area contributed by atoms with Crippen LogP contribution in [0, 0.1) is 5.92 Å². The standard InChI is InChI=1S/C12H21N5O2S/c1-3-13-12(10(18)19)7-4-5-9(12)6-8-20-11-14-15-16-17(11)2/h9,13H,3-8H2,1-2H3,(H,18,19). The second-order valence-electron chi connectivity index (χ2n) is 5.12. The van der Waals surface area contributed by atoms with Crippen molar-refractivity contribution in [2.45, 2.75) is 43.3 Å². The maximum atomic E-state index is 11.7. The van der Waals surface area contributed by atoms with E-state index in [0.717, 1.165) is 36.6 Å². The lowest BCUT2D eigenvalue weighted by Crippen LogP contribution is -2.54. The summed E-state index contributed by atoms with van der Waals surface area (Å²) in [4.78, 5) is 11.7. The van der Waals surface area contributed by atoms with Crippen LogP contribution < -0.4 is 5.32 Å². The Bertz CT molecular complexity index is 466. The number of nitrogens with one attached hydrogen (secondary N) is 1. The van der Waals surface area contributed by atoms with Crippen LogP contribution in [0.1, 0.15) is 32.6 Å². The average molecular weight is 299 g/mol. The van der Waals surface area contributed by atoms with E-state index in [-0.39, 0.29) is 5.92 Å². The van der Waals surface area contributed by atoms with Gasteiger partial charge in [-0.1, -0.05) is 25.1 Å². The summed E-state index contributed by atoms with van der Waals surface area (Å²) in [5.74, 6) is 0.292. The van der Waals surface area contributed by atoms with E-state index >= 15 is 0 Å². The van der Waals surface area contributed by atoms with Gasteiger partial charge in [0.2, 0.25) is 5.16 Å². The van der Waals surface area contributed by atoms with Crippen LogP contribution >= 0.6 is 11.8 Å². The highest BCUT2D eigenvalue weighted by Gasteiger charge is 2.48. The van der Waals surface area contributed by atoms with E-state index < -0.39 is 11.5 Å². The fraction of sp³-hybridized carbons (Fsp3) is 0.833. The van der Waals surface area contributed by atoms with Crippen molar-refractivity contribution in [3.05, 3.63) is 0 Å². The molecular weight excluding hydrogens is 278 g/mol.